The highest BCUT2D eigenvalue weighted by Gasteiger charge is 2.24. The first-order valence-corrected chi connectivity index (χ1v) is 9.19. The third kappa shape index (κ3) is 6.92. The second-order valence-corrected chi connectivity index (χ2v) is 6.47. The topological polar surface area (TPSA) is 174 Å². The van der Waals surface area contributed by atoms with Crippen molar-refractivity contribution in [2.24, 2.45) is 22.2 Å². The molecule has 2 atom stereocenters. The van der Waals surface area contributed by atoms with Gasteiger partial charge in [0, 0.05) is 30.4 Å². The number of aromatic nitrogens is 2. The maximum absolute atomic E-state index is 12.5. The number of esters is 1. The summed E-state index contributed by atoms with van der Waals surface area (Å²) in [5.41, 5.74) is 18.2. The van der Waals surface area contributed by atoms with E-state index in [2.05, 4.69) is 20.3 Å². The number of rotatable bonds is 10. The van der Waals surface area contributed by atoms with Crippen molar-refractivity contribution in [3.63, 3.8) is 0 Å². The number of aliphatic imine (C=N–C) groups is 1. The average molecular weight is 401 g/mol. The molecule has 1 aromatic heterocycles. The van der Waals surface area contributed by atoms with E-state index in [4.69, 9.17) is 21.9 Å². The number of carbonyl (C=O) groups excluding carboxylic acids is 2. The number of hydrogen-bond donors (Lipinski definition) is 5. The van der Waals surface area contributed by atoms with Crippen molar-refractivity contribution in [2.45, 2.75) is 31.3 Å². The predicted molar refractivity (Wildman–Crippen MR) is 110 cm³/mol. The number of benzene rings is 1. The highest BCUT2D eigenvalue weighted by Crippen LogP contribution is 2.15. The molecule has 1 heterocycles. The minimum Gasteiger partial charge on any atom is -0.467 e. The summed E-state index contributed by atoms with van der Waals surface area (Å²) in [6.45, 7) is 0.341. The average Bonchev–Trinajstić information content (AvgIpc) is 3.18. The summed E-state index contributed by atoms with van der Waals surface area (Å²) in [7, 11) is 1.26. The number of H-pyrrole nitrogens is 1. The Hall–Kier alpha value is -3.40. The van der Waals surface area contributed by atoms with E-state index in [1.807, 2.05) is 30.3 Å². The Morgan fingerprint density at radius 1 is 1.28 bits per heavy atom. The van der Waals surface area contributed by atoms with Crippen LogP contribution in [0.25, 0.3) is 11.4 Å². The molecule has 0 radical (unpaired) electrons. The Bertz CT molecular complexity index is 831. The molecule has 2 aromatic rings. The Morgan fingerprint density at radius 3 is 2.66 bits per heavy atom. The molecule has 0 fully saturated rings. The number of methoxy groups -OCH3 is 1. The number of guanidine groups is 1. The normalized spacial score (nSPS) is 12.6. The van der Waals surface area contributed by atoms with E-state index in [0.29, 0.717) is 30.9 Å². The number of imidazole rings is 1. The summed E-state index contributed by atoms with van der Waals surface area (Å²) in [5.74, 6) is -0.346. The zero-order chi connectivity index (χ0) is 21.2. The van der Waals surface area contributed by atoms with Crippen LogP contribution in [0.4, 0.5) is 0 Å². The lowest BCUT2D eigenvalue weighted by molar-refractivity contribution is -0.145. The highest BCUT2D eigenvalue weighted by atomic mass is 16.5. The van der Waals surface area contributed by atoms with Crippen molar-refractivity contribution in [2.75, 3.05) is 13.7 Å². The van der Waals surface area contributed by atoms with Crippen molar-refractivity contribution in [3.05, 3.63) is 42.2 Å². The molecule has 0 saturated heterocycles. The van der Waals surface area contributed by atoms with Crippen molar-refractivity contribution in [1.29, 1.82) is 0 Å². The lowest BCUT2D eigenvalue weighted by Crippen LogP contribution is -2.49. The minimum absolute atomic E-state index is 0.0277. The van der Waals surface area contributed by atoms with Crippen LogP contribution in [0.5, 0.6) is 0 Å². The Kier molecular flexibility index (Phi) is 8.16. The summed E-state index contributed by atoms with van der Waals surface area (Å²) in [6.07, 6.45) is 2.70. The van der Waals surface area contributed by atoms with Gasteiger partial charge in [-0.2, -0.15) is 0 Å². The molecule has 0 aliphatic heterocycles. The molecule has 0 saturated carbocycles. The van der Waals surface area contributed by atoms with Gasteiger partial charge in [-0.15, -0.1) is 0 Å². The Morgan fingerprint density at radius 2 is 2.00 bits per heavy atom. The third-order valence-electron chi connectivity index (χ3n) is 4.20. The number of amides is 1. The summed E-state index contributed by atoms with van der Waals surface area (Å²) >= 11 is 0. The Balaban J connectivity index is 1.92. The lowest BCUT2D eigenvalue weighted by Gasteiger charge is -2.18. The monoisotopic (exact) mass is 401 g/mol. The van der Waals surface area contributed by atoms with Gasteiger partial charge < -0.3 is 32.2 Å². The largest absolute Gasteiger partial charge is 0.467 e. The molecule has 8 N–H and O–H groups in total. The first-order chi connectivity index (χ1) is 13.9. The molecular formula is C19H27N7O3. The van der Waals surface area contributed by atoms with Crippen LogP contribution in [0.2, 0.25) is 0 Å². The first-order valence-electron chi connectivity index (χ1n) is 9.19. The number of nitrogens with zero attached hydrogens (tertiary/aromatic N) is 2. The fraction of sp³-hybridized carbons (Fsp3) is 0.368. The van der Waals surface area contributed by atoms with Gasteiger partial charge in [0.25, 0.3) is 0 Å². The molecule has 29 heavy (non-hydrogen) atoms. The molecular weight excluding hydrogens is 374 g/mol. The van der Waals surface area contributed by atoms with Gasteiger partial charge in [0.15, 0.2) is 5.96 Å². The minimum atomic E-state index is -0.857. The van der Waals surface area contributed by atoms with Crippen molar-refractivity contribution in [1.82, 2.24) is 15.3 Å². The van der Waals surface area contributed by atoms with Crippen LogP contribution < -0.4 is 22.5 Å². The van der Waals surface area contributed by atoms with Gasteiger partial charge in [-0.05, 0) is 12.8 Å². The number of nitrogens with one attached hydrogen (secondary N) is 2. The van der Waals surface area contributed by atoms with E-state index in [0.717, 1.165) is 5.56 Å². The van der Waals surface area contributed by atoms with Crippen LogP contribution >= 0.6 is 0 Å². The second-order valence-electron chi connectivity index (χ2n) is 6.47. The van der Waals surface area contributed by atoms with E-state index in [1.54, 1.807) is 6.20 Å². The van der Waals surface area contributed by atoms with Gasteiger partial charge in [-0.25, -0.2) is 9.78 Å². The molecule has 0 spiro atoms. The lowest BCUT2D eigenvalue weighted by atomic mass is 10.1. The van der Waals surface area contributed by atoms with Gasteiger partial charge in [0.2, 0.25) is 5.91 Å². The zero-order valence-electron chi connectivity index (χ0n) is 16.3. The molecule has 0 aliphatic rings. The van der Waals surface area contributed by atoms with E-state index in [1.165, 1.54) is 7.11 Å². The van der Waals surface area contributed by atoms with Gasteiger partial charge in [-0.3, -0.25) is 9.79 Å². The van der Waals surface area contributed by atoms with Crippen molar-refractivity contribution >= 4 is 17.8 Å². The fourth-order valence-electron chi connectivity index (χ4n) is 2.71. The van der Waals surface area contributed by atoms with Gasteiger partial charge >= 0.3 is 5.97 Å². The zero-order valence-corrected chi connectivity index (χ0v) is 16.3. The molecule has 1 aromatic carbocycles. The van der Waals surface area contributed by atoms with Crippen LogP contribution in [0.3, 0.4) is 0 Å². The maximum atomic E-state index is 12.5. The van der Waals surface area contributed by atoms with Crippen LogP contribution in [-0.2, 0) is 20.7 Å². The molecule has 0 unspecified atom stereocenters. The summed E-state index contributed by atoms with van der Waals surface area (Å²) < 4.78 is 4.75. The van der Waals surface area contributed by atoms with Crippen molar-refractivity contribution in [3.8, 4) is 11.4 Å². The Labute approximate surface area is 168 Å². The van der Waals surface area contributed by atoms with Crippen LogP contribution in [0, 0.1) is 0 Å². The van der Waals surface area contributed by atoms with Crippen LogP contribution in [0.1, 0.15) is 18.5 Å². The predicted octanol–water partition coefficient (Wildman–Crippen LogP) is -0.342. The van der Waals surface area contributed by atoms with Crippen LogP contribution in [0.15, 0.2) is 41.5 Å². The smallest absolute Gasteiger partial charge is 0.328 e. The fourth-order valence-corrected chi connectivity index (χ4v) is 2.71. The summed E-state index contributed by atoms with van der Waals surface area (Å²) in [6, 6.07) is 7.92. The number of aromatic amines is 1. The molecule has 10 heteroatoms. The van der Waals surface area contributed by atoms with Gasteiger partial charge in [-0.1, -0.05) is 30.3 Å². The highest BCUT2D eigenvalue weighted by molar-refractivity contribution is 5.87. The molecule has 0 bridgehead atoms. The van der Waals surface area contributed by atoms with Crippen molar-refractivity contribution < 1.29 is 14.3 Å². The van der Waals surface area contributed by atoms with Gasteiger partial charge in [0.05, 0.1) is 13.2 Å². The number of nitrogens with two attached hydrogens (primary N) is 3. The molecule has 2 rings (SSSR count). The second kappa shape index (κ2) is 10.8. The summed E-state index contributed by atoms with van der Waals surface area (Å²) in [4.78, 5) is 35.7. The molecule has 10 nitrogen and oxygen atoms in total. The van der Waals surface area contributed by atoms with E-state index < -0.39 is 24.0 Å². The quantitative estimate of drug-likeness (QED) is 0.156. The number of carbonyl (C=O) groups is 2. The number of ether oxygens (including phenoxy) is 1. The van der Waals surface area contributed by atoms with E-state index in [9.17, 15) is 9.59 Å². The molecule has 156 valence electrons. The van der Waals surface area contributed by atoms with Crippen LogP contribution in [-0.4, -0.2) is 53.5 Å². The third-order valence-corrected chi connectivity index (χ3v) is 4.20. The SMILES string of the molecule is COC(=O)[C@H](CCCN=C(N)N)NC(=O)[C@@H](N)Cc1cnc(-c2ccccc2)[nH]1. The summed E-state index contributed by atoms with van der Waals surface area (Å²) in [5, 5.41) is 2.63. The van der Waals surface area contributed by atoms with E-state index >= 15 is 0 Å². The first kappa shape index (κ1) is 21.9. The number of hydrogen-bond acceptors (Lipinski definition) is 6. The van der Waals surface area contributed by atoms with Gasteiger partial charge in [0.1, 0.15) is 11.9 Å². The standard InChI is InChI=1S/C19H27N7O3/c1-29-18(28)15(8-5-9-23-19(21)22)26-17(27)14(20)10-13-11-24-16(25-13)12-6-3-2-4-7-12/h2-4,6-7,11,14-15H,5,8-10,20H2,1H3,(H,24,25)(H,26,27)(H4,21,22,23)/t14-,15-/m0/s1. The molecule has 0 aliphatic carbocycles. The van der Waals surface area contributed by atoms with E-state index in [-0.39, 0.29) is 12.4 Å². The maximum Gasteiger partial charge on any atom is 0.328 e. The molecule has 1 amide bonds.